The van der Waals surface area contributed by atoms with E-state index in [1.165, 1.54) is 0 Å². The number of carbonyl (C=O) groups excluding carboxylic acids is 1. The maximum absolute atomic E-state index is 11.0. The summed E-state index contributed by atoms with van der Waals surface area (Å²) >= 11 is 1.57. The Morgan fingerprint density at radius 2 is 2.24 bits per heavy atom. The van der Waals surface area contributed by atoms with Crippen molar-refractivity contribution in [3.05, 3.63) is 35.2 Å². The number of carbonyl (C=O) groups is 1. The molecular formula is C12H14N2O2S. The van der Waals surface area contributed by atoms with Gasteiger partial charge in [0, 0.05) is 9.58 Å². The minimum absolute atomic E-state index is 0.370. The van der Waals surface area contributed by atoms with E-state index in [0.29, 0.717) is 11.5 Å². The maximum atomic E-state index is 11.0. The van der Waals surface area contributed by atoms with Crippen LogP contribution in [-0.2, 0) is 0 Å². The molecular weight excluding hydrogens is 236 g/mol. The van der Waals surface area contributed by atoms with Crippen LogP contribution in [0.25, 0.3) is 10.1 Å². The van der Waals surface area contributed by atoms with Crippen LogP contribution < -0.4 is 5.73 Å². The van der Waals surface area contributed by atoms with E-state index in [2.05, 4.69) is 0 Å². The summed E-state index contributed by atoms with van der Waals surface area (Å²) in [6, 6.07) is 8.74. The van der Waals surface area contributed by atoms with Crippen molar-refractivity contribution in [2.24, 2.45) is 5.73 Å². The first kappa shape index (κ1) is 11.9. The zero-order chi connectivity index (χ0) is 12.4. The predicted molar refractivity (Wildman–Crippen MR) is 68.1 cm³/mol. The molecule has 0 bridgehead atoms. The summed E-state index contributed by atoms with van der Waals surface area (Å²) in [6.45, 7) is 1.90. The van der Waals surface area contributed by atoms with E-state index >= 15 is 0 Å². The third-order valence-electron chi connectivity index (χ3n) is 2.68. The van der Waals surface area contributed by atoms with Crippen LogP contribution in [-0.4, -0.2) is 16.3 Å². The molecule has 90 valence electrons. The fourth-order valence-electron chi connectivity index (χ4n) is 1.81. The van der Waals surface area contributed by atoms with Gasteiger partial charge in [0.1, 0.15) is 0 Å². The van der Waals surface area contributed by atoms with Crippen molar-refractivity contribution in [2.45, 2.75) is 19.4 Å². The molecule has 1 heterocycles. The molecule has 1 aromatic carbocycles. The van der Waals surface area contributed by atoms with Gasteiger partial charge < -0.3 is 5.73 Å². The van der Waals surface area contributed by atoms with Gasteiger partial charge >= 0.3 is 6.03 Å². The third-order valence-corrected chi connectivity index (χ3v) is 3.90. The normalized spacial score (nSPS) is 12.6. The molecule has 0 fully saturated rings. The minimum atomic E-state index is -0.825. The second-order valence-electron chi connectivity index (χ2n) is 3.79. The van der Waals surface area contributed by atoms with Gasteiger partial charge in [0.2, 0.25) is 0 Å². The molecule has 5 heteroatoms. The standard InChI is InChI=1S/C12H14N2O2S/c1-2-9(14(16)12(13)15)11-7-8-5-3-4-6-10(8)17-11/h3-7,9,16H,2H2,1H3,(H2,13,15). The zero-order valence-corrected chi connectivity index (χ0v) is 10.3. The Balaban J connectivity index is 2.39. The highest BCUT2D eigenvalue weighted by atomic mass is 32.1. The van der Waals surface area contributed by atoms with Gasteiger partial charge in [-0.25, -0.2) is 4.79 Å². The molecule has 1 unspecified atom stereocenters. The summed E-state index contributed by atoms with van der Waals surface area (Å²) in [5, 5.41) is 11.3. The van der Waals surface area contributed by atoms with E-state index in [9.17, 15) is 10.0 Å². The smallest absolute Gasteiger partial charge is 0.339 e. The third kappa shape index (κ3) is 2.25. The van der Waals surface area contributed by atoms with E-state index in [0.717, 1.165) is 15.0 Å². The Labute approximate surface area is 103 Å². The second-order valence-corrected chi connectivity index (χ2v) is 4.91. The van der Waals surface area contributed by atoms with Crippen LogP contribution in [0.4, 0.5) is 4.79 Å². The summed E-state index contributed by atoms with van der Waals surface area (Å²) in [4.78, 5) is 11.9. The van der Waals surface area contributed by atoms with E-state index in [4.69, 9.17) is 5.73 Å². The Kier molecular flexibility index (Phi) is 3.31. The highest BCUT2D eigenvalue weighted by molar-refractivity contribution is 7.19. The molecule has 0 aliphatic carbocycles. The largest absolute Gasteiger partial charge is 0.350 e. The summed E-state index contributed by atoms with van der Waals surface area (Å²) in [7, 11) is 0. The van der Waals surface area contributed by atoms with Gasteiger partial charge in [0.05, 0.1) is 6.04 Å². The Bertz CT molecular complexity index is 505. The lowest BCUT2D eigenvalue weighted by Crippen LogP contribution is -2.35. The fraction of sp³-hybridized carbons (Fsp3) is 0.250. The van der Waals surface area contributed by atoms with Gasteiger partial charge in [-0.3, -0.25) is 5.21 Å². The fourth-order valence-corrected chi connectivity index (χ4v) is 3.05. The number of primary amides is 1. The van der Waals surface area contributed by atoms with Crippen LogP contribution in [0.1, 0.15) is 24.3 Å². The number of nitrogens with zero attached hydrogens (tertiary/aromatic N) is 1. The van der Waals surface area contributed by atoms with Crippen LogP contribution in [0, 0.1) is 0 Å². The van der Waals surface area contributed by atoms with Crippen LogP contribution >= 0.6 is 11.3 Å². The number of nitrogens with two attached hydrogens (primary N) is 1. The summed E-state index contributed by atoms with van der Waals surface area (Å²) in [5.74, 6) is 0. The molecule has 1 aromatic heterocycles. The molecule has 17 heavy (non-hydrogen) atoms. The van der Waals surface area contributed by atoms with Gasteiger partial charge in [0.25, 0.3) is 0 Å². The molecule has 0 radical (unpaired) electrons. The van der Waals surface area contributed by atoms with Crippen LogP contribution in [0.3, 0.4) is 0 Å². The van der Waals surface area contributed by atoms with Gasteiger partial charge in [-0.05, 0) is 23.9 Å². The number of hydrogen-bond donors (Lipinski definition) is 2. The topological polar surface area (TPSA) is 66.6 Å². The molecule has 2 aromatic rings. The first-order valence-electron chi connectivity index (χ1n) is 5.39. The van der Waals surface area contributed by atoms with Crippen molar-refractivity contribution in [3.63, 3.8) is 0 Å². The van der Waals surface area contributed by atoms with Crippen molar-refractivity contribution >= 4 is 27.5 Å². The second kappa shape index (κ2) is 4.73. The SMILES string of the molecule is CCC(c1cc2ccccc2s1)N(O)C(N)=O. The molecule has 2 amide bonds. The lowest BCUT2D eigenvalue weighted by Gasteiger charge is -2.21. The summed E-state index contributed by atoms with van der Waals surface area (Å²) in [5.41, 5.74) is 5.09. The number of benzene rings is 1. The quantitative estimate of drug-likeness (QED) is 0.649. The first-order chi connectivity index (χ1) is 8.13. The van der Waals surface area contributed by atoms with Crippen molar-refractivity contribution in [2.75, 3.05) is 0 Å². The lowest BCUT2D eigenvalue weighted by atomic mass is 10.1. The van der Waals surface area contributed by atoms with Gasteiger partial charge in [-0.2, -0.15) is 5.06 Å². The molecule has 0 saturated carbocycles. The average Bonchev–Trinajstić information content (AvgIpc) is 2.72. The Hall–Kier alpha value is -1.59. The number of thiophene rings is 1. The molecule has 1 atom stereocenters. The highest BCUT2D eigenvalue weighted by Crippen LogP contribution is 2.33. The summed E-state index contributed by atoms with van der Waals surface area (Å²) < 4.78 is 1.14. The number of amides is 2. The number of hydrogen-bond acceptors (Lipinski definition) is 3. The number of rotatable bonds is 3. The Morgan fingerprint density at radius 3 is 2.82 bits per heavy atom. The van der Waals surface area contributed by atoms with Crippen molar-refractivity contribution in [1.29, 1.82) is 0 Å². The highest BCUT2D eigenvalue weighted by Gasteiger charge is 2.22. The van der Waals surface area contributed by atoms with Gasteiger partial charge in [0.15, 0.2) is 0 Å². The maximum Gasteiger partial charge on any atom is 0.339 e. The van der Waals surface area contributed by atoms with Crippen molar-refractivity contribution in [3.8, 4) is 0 Å². The van der Waals surface area contributed by atoms with E-state index < -0.39 is 6.03 Å². The molecule has 4 nitrogen and oxygen atoms in total. The average molecular weight is 250 g/mol. The monoisotopic (exact) mass is 250 g/mol. The van der Waals surface area contributed by atoms with Crippen LogP contribution in [0.5, 0.6) is 0 Å². The molecule has 0 aliphatic rings. The number of fused-ring (bicyclic) bond motifs is 1. The van der Waals surface area contributed by atoms with Gasteiger partial charge in [-0.15, -0.1) is 11.3 Å². The number of urea groups is 1. The molecule has 0 aliphatic heterocycles. The van der Waals surface area contributed by atoms with E-state index in [1.807, 2.05) is 37.3 Å². The first-order valence-corrected chi connectivity index (χ1v) is 6.21. The van der Waals surface area contributed by atoms with E-state index in [-0.39, 0.29) is 6.04 Å². The molecule has 0 saturated heterocycles. The van der Waals surface area contributed by atoms with Gasteiger partial charge in [-0.1, -0.05) is 25.1 Å². The Morgan fingerprint density at radius 1 is 1.53 bits per heavy atom. The lowest BCUT2D eigenvalue weighted by molar-refractivity contribution is -0.0764. The summed E-state index contributed by atoms with van der Waals surface area (Å²) in [6.07, 6.45) is 0.617. The predicted octanol–water partition coefficient (Wildman–Crippen LogP) is 3.12. The zero-order valence-electron chi connectivity index (χ0n) is 9.46. The molecule has 3 N–H and O–H groups in total. The van der Waals surface area contributed by atoms with Crippen LogP contribution in [0.2, 0.25) is 0 Å². The van der Waals surface area contributed by atoms with Crippen molar-refractivity contribution < 1.29 is 10.0 Å². The molecule has 0 spiro atoms. The minimum Gasteiger partial charge on any atom is -0.350 e. The van der Waals surface area contributed by atoms with Crippen molar-refractivity contribution in [1.82, 2.24) is 5.06 Å². The van der Waals surface area contributed by atoms with Crippen LogP contribution in [0.15, 0.2) is 30.3 Å². The van der Waals surface area contributed by atoms with E-state index in [1.54, 1.807) is 11.3 Å². The molecule has 2 rings (SSSR count). The number of hydroxylamine groups is 2.